The largest absolute Gasteiger partial charge is 0.380 e. The molecule has 1 aromatic carbocycles. The van der Waals surface area contributed by atoms with E-state index in [2.05, 4.69) is 17.2 Å². The molecule has 0 unspecified atom stereocenters. The molecule has 0 aliphatic rings. The van der Waals surface area contributed by atoms with Gasteiger partial charge < -0.3 is 5.32 Å². The lowest BCUT2D eigenvalue weighted by molar-refractivity contribution is 0.618. The highest BCUT2D eigenvalue weighted by molar-refractivity contribution is 7.11. The number of hydrogen-bond acceptors (Lipinski definition) is 4. The number of aromatic nitrogens is 1. The van der Waals surface area contributed by atoms with Gasteiger partial charge in [-0.05, 0) is 25.5 Å². The van der Waals surface area contributed by atoms with Gasteiger partial charge in [-0.15, -0.1) is 11.3 Å². The topological polar surface area (TPSA) is 48.7 Å². The lowest BCUT2D eigenvalue weighted by Gasteiger charge is -2.09. The molecule has 0 bridgehead atoms. The summed E-state index contributed by atoms with van der Waals surface area (Å²) in [6, 6.07) is 4.88. The highest BCUT2D eigenvalue weighted by atomic mass is 32.1. The van der Waals surface area contributed by atoms with Crippen LogP contribution in [0.25, 0.3) is 0 Å². The first-order chi connectivity index (χ1) is 9.13. The van der Waals surface area contributed by atoms with Crippen LogP contribution in [0, 0.1) is 24.1 Å². The summed E-state index contributed by atoms with van der Waals surface area (Å²) in [6.45, 7) is 4.35. The lowest BCUT2D eigenvalue weighted by atomic mass is 10.1. The van der Waals surface area contributed by atoms with Crippen LogP contribution < -0.4 is 5.32 Å². The molecule has 1 N–H and O–H groups in total. The van der Waals surface area contributed by atoms with Crippen molar-refractivity contribution in [3.8, 4) is 6.07 Å². The lowest BCUT2D eigenvalue weighted by Crippen LogP contribution is -2.01. The molecule has 0 saturated heterocycles. The van der Waals surface area contributed by atoms with E-state index >= 15 is 0 Å². The van der Waals surface area contributed by atoms with Crippen molar-refractivity contribution in [1.82, 2.24) is 4.98 Å². The van der Waals surface area contributed by atoms with Crippen molar-refractivity contribution in [3.05, 3.63) is 45.2 Å². The molecule has 98 valence electrons. The van der Waals surface area contributed by atoms with Crippen molar-refractivity contribution < 1.29 is 4.39 Å². The van der Waals surface area contributed by atoms with Crippen molar-refractivity contribution in [2.24, 2.45) is 0 Å². The first-order valence-electron chi connectivity index (χ1n) is 6.01. The number of thiazole rings is 1. The van der Waals surface area contributed by atoms with Crippen LogP contribution in [-0.2, 0) is 13.0 Å². The molecule has 3 nitrogen and oxygen atoms in total. The summed E-state index contributed by atoms with van der Waals surface area (Å²) < 4.78 is 13.6. The molecule has 0 radical (unpaired) electrons. The molecular formula is C14H14FN3S. The number of rotatable bonds is 4. The Morgan fingerprint density at radius 1 is 1.47 bits per heavy atom. The molecule has 1 heterocycles. The first-order valence-corrected chi connectivity index (χ1v) is 6.83. The van der Waals surface area contributed by atoms with Gasteiger partial charge in [0.05, 0.1) is 23.2 Å². The molecule has 0 amide bonds. The normalized spacial score (nSPS) is 10.2. The second-order valence-electron chi connectivity index (χ2n) is 4.17. The highest BCUT2D eigenvalue weighted by Crippen LogP contribution is 2.22. The minimum Gasteiger partial charge on any atom is -0.380 e. The van der Waals surface area contributed by atoms with Gasteiger partial charge in [0.2, 0.25) is 0 Å². The first kappa shape index (κ1) is 13.5. The molecule has 2 rings (SSSR count). The van der Waals surface area contributed by atoms with Crippen LogP contribution in [0.2, 0.25) is 0 Å². The fraction of sp³-hybridized carbons (Fsp3) is 0.286. The Morgan fingerprint density at radius 2 is 2.26 bits per heavy atom. The van der Waals surface area contributed by atoms with Crippen LogP contribution >= 0.6 is 11.3 Å². The summed E-state index contributed by atoms with van der Waals surface area (Å²) in [5, 5.41) is 13.1. The number of nitrogens with zero attached hydrogens (tertiary/aromatic N) is 2. The average molecular weight is 275 g/mol. The van der Waals surface area contributed by atoms with Crippen molar-refractivity contribution in [3.63, 3.8) is 0 Å². The van der Waals surface area contributed by atoms with Gasteiger partial charge >= 0.3 is 0 Å². The van der Waals surface area contributed by atoms with Gasteiger partial charge in [-0.1, -0.05) is 6.92 Å². The van der Waals surface area contributed by atoms with Crippen molar-refractivity contribution in [2.45, 2.75) is 26.8 Å². The van der Waals surface area contributed by atoms with E-state index in [4.69, 9.17) is 5.26 Å². The number of nitriles is 1. The van der Waals surface area contributed by atoms with E-state index in [1.54, 1.807) is 24.3 Å². The Morgan fingerprint density at radius 3 is 2.89 bits per heavy atom. The van der Waals surface area contributed by atoms with Crippen LogP contribution in [0.3, 0.4) is 0 Å². The minimum atomic E-state index is -0.361. The van der Waals surface area contributed by atoms with Crippen LogP contribution in [0.5, 0.6) is 0 Å². The Kier molecular flexibility index (Phi) is 4.13. The summed E-state index contributed by atoms with van der Waals surface area (Å²) in [5.41, 5.74) is 1.51. The van der Waals surface area contributed by atoms with Gasteiger partial charge in [0.1, 0.15) is 5.82 Å². The zero-order valence-corrected chi connectivity index (χ0v) is 11.6. The monoisotopic (exact) mass is 275 g/mol. The quantitative estimate of drug-likeness (QED) is 0.926. The Balaban J connectivity index is 2.15. The summed E-state index contributed by atoms with van der Waals surface area (Å²) in [4.78, 5) is 5.37. The number of halogens is 1. The van der Waals surface area contributed by atoms with Crippen molar-refractivity contribution >= 4 is 17.0 Å². The van der Waals surface area contributed by atoms with E-state index < -0.39 is 0 Å². The van der Waals surface area contributed by atoms with Crippen LogP contribution in [0.4, 0.5) is 10.1 Å². The number of aryl methyl sites for hydroxylation is 1. The molecule has 2 aromatic rings. The number of benzene rings is 1. The van der Waals surface area contributed by atoms with E-state index in [1.807, 2.05) is 12.3 Å². The van der Waals surface area contributed by atoms with Crippen molar-refractivity contribution in [1.29, 1.82) is 5.26 Å². The SMILES string of the molecule is CCc1ncc(CNc2cc(C#N)cc(F)c2C)s1. The van der Waals surface area contributed by atoms with Gasteiger partial charge in [-0.2, -0.15) is 5.26 Å². The molecule has 5 heteroatoms. The van der Waals surface area contributed by atoms with Gasteiger partial charge in [0, 0.05) is 22.3 Å². The zero-order chi connectivity index (χ0) is 13.8. The molecule has 19 heavy (non-hydrogen) atoms. The summed E-state index contributed by atoms with van der Waals surface area (Å²) >= 11 is 1.64. The van der Waals surface area contributed by atoms with Gasteiger partial charge in [0.25, 0.3) is 0 Å². The number of hydrogen-bond donors (Lipinski definition) is 1. The molecule has 0 spiro atoms. The third-order valence-corrected chi connectivity index (χ3v) is 3.97. The van der Waals surface area contributed by atoms with E-state index in [0.29, 0.717) is 23.4 Å². The molecule has 0 aliphatic heterocycles. The van der Waals surface area contributed by atoms with Crippen molar-refractivity contribution in [2.75, 3.05) is 5.32 Å². The third-order valence-electron chi connectivity index (χ3n) is 2.83. The standard InChI is InChI=1S/C14H14FN3S/c1-3-14-18-8-11(19-14)7-17-13-5-10(6-16)4-12(15)9(13)2/h4-5,8,17H,3,7H2,1-2H3. The molecule has 0 fully saturated rings. The smallest absolute Gasteiger partial charge is 0.129 e. The van der Waals surface area contributed by atoms with Gasteiger partial charge in [-0.25, -0.2) is 9.37 Å². The summed E-state index contributed by atoms with van der Waals surface area (Å²) in [6.07, 6.45) is 2.75. The molecular weight excluding hydrogens is 261 g/mol. The number of anilines is 1. The van der Waals surface area contributed by atoms with Crippen LogP contribution in [0.15, 0.2) is 18.3 Å². The Labute approximate surface area is 115 Å². The predicted octanol–water partition coefficient (Wildman–Crippen LogP) is 3.64. The molecule has 0 aliphatic carbocycles. The van der Waals surface area contributed by atoms with E-state index in [0.717, 1.165) is 16.3 Å². The van der Waals surface area contributed by atoms with E-state index in [-0.39, 0.29) is 5.82 Å². The molecule has 1 aromatic heterocycles. The van der Waals surface area contributed by atoms with Crippen LogP contribution in [-0.4, -0.2) is 4.98 Å². The second kappa shape index (κ2) is 5.81. The fourth-order valence-corrected chi connectivity index (χ4v) is 2.50. The maximum Gasteiger partial charge on any atom is 0.129 e. The number of nitrogens with one attached hydrogen (secondary N) is 1. The van der Waals surface area contributed by atoms with Gasteiger partial charge in [0.15, 0.2) is 0 Å². The highest BCUT2D eigenvalue weighted by Gasteiger charge is 2.07. The zero-order valence-electron chi connectivity index (χ0n) is 10.8. The van der Waals surface area contributed by atoms with E-state index in [9.17, 15) is 4.39 Å². The fourth-order valence-electron chi connectivity index (χ4n) is 1.70. The summed E-state index contributed by atoms with van der Waals surface area (Å²) in [5.74, 6) is -0.361. The van der Waals surface area contributed by atoms with Gasteiger partial charge in [-0.3, -0.25) is 0 Å². The molecule has 0 saturated carbocycles. The second-order valence-corrected chi connectivity index (χ2v) is 5.37. The predicted molar refractivity (Wildman–Crippen MR) is 74.7 cm³/mol. The van der Waals surface area contributed by atoms with Crippen LogP contribution in [0.1, 0.15) is 27.9 Å². The average Bonchev–Trinajstić information content (AvgIpc) is 2.88. The third kappa shape index (κ3) is 3.09. The Bertz CT molecular complexity index is 628. The van der Waals surface area contributed by atoms with E-state index in [1.165, 1.54) is 6.07 Å². The molecule has 0 atom stereocenters. The Hall–Kier alpha value is -1.93. The minimum absolute atomic E-state index is 0.323. The maximum atomic E-state index is 13.6. The maximum absolute atomic E-state index is 13.6. The summed E-state index contributed by atoms with van der Waals surface area (Å²) in [7, 11) is 0.